The van der Waals surface area contributed by atoms with Crippen LogP contribution in [0.3, 0.4) is 0 Å². The second-order valence-electron chi connectivity index (χ2n) is 4.99. The number of carbonyl (C=O) groups is 2. The van der Waals surface area contributed by atoms with Gasteiger partial charge in [0.1, 0.15) is 0 Å². The molecule has 0 spiro atoms. The topological polar surface area (TPSA) is 94.3 Å². The van der Waals surface area contributed by atoms with Gasteiger partial charge in [0.05, 0.1) is 12.6 Å². The van der Waals surface area contributed by atoms with Crippen LogP contribution in [0.5, 0.6) is 0 Å². The Hall–Kier alpha value is -1.47. The van der Waals surface area contributed by atoms with Crippen molar-refractivity contribution in [1.82, 2.24) is 4.98 Å². The van der Waals surface area contributed by atoms with Gasteiger partial charge in [0.25, 0.3) is 0 Å². The van der Waals surface area contributed by atoms with E-state index >= 15 is 0 Å². The Kier molecular flexibility index (Phi) is 3.60. The standard InChI is InChI=1S/C12H17N3O3S/c1-6(2)8-7(9(16)18-3)14-11(19-8)15-10(17)12(13)4-5-12/h6H,4-5,13H2,1-3H3,(H,14,15,17). The van der Waals surface area contributed by atoms with Crippen molar-refractivity contribution in [2.24, 2.45) is 5.73 Å². The highest BCUT2D eigenvalue weighted by Crippen LogP contribution is 2.35. The summed E-state index contributed by atoms with van der Waals surface area (Å²) in [6.45, 7) is 3.91. The molecular weight excluding hydrogens is 266 g/mol. The smallest absolute Gasteiger partial charge is 0.357 e. The molecule has 2 rings (SSSR count). The summed E-state index contributed by atoms with van der Waals surface area (Å²) in [5.74, 6) is -0.604. The van der Waals surface area contributed by atoms with E-state index < -0.39 is 11.5 Å². The van der Waals surface area contributed by atoms with Crippen LogP contribution < -0.4 is 11.1 Å². The van der Waals surface area contributed by atoms with E-state index in [1.54, 1.807) is 0 Å². The van der Waals surface area contributed by atoms with E-state index in [-0.39, 0.29) is 17.5 Å². The molecule has 1 aliphatic carbocycles. The van der Waals surface area contributed by atoms with Crippen LogP contribution in [0.2, 0.25) is 0 Å². The van der Waals surface area contributed by atoms with Gasteiger partial charge in [-0.3, -0.25) is 4.79 Å². The maximum Gasteiger partial charge on any atom is 0.357 e. The van der Waals surface area contributed by atoms with Gasteiger partial charge in [-0.15, -0.1) is 11.3 Å². The fourth-order valence-corrected chi connectivity index (χ4v) is 2.55. The molecule has 1 fully saturated rings. The number of hydrogen-bond donors (Lipinski definition) is 2. The maximum atomic E-state index is 11.8. The summed E-state index contributed by atoms with van der Waals surface area (Å²) in [7, 11) is 1.31. The van der Waals surface area contributed by atoms with Gasteiger partial charge in [-0.2, -0.15) is 0 Å². The minimum absolute atomic E-state index is 0.130. The molecule has 1 saturated carbocycles. The van der Waals surface area contributed by atoms with Gasteiger partial charge in [0.15, 0.2) is 10.8 Å². The Balaban J connectivity index is 2.22. The first kappa shape index (κ1) is 14.0. The van der Waals surface area contributed by atoms with Gasteiger partial charge >= 0.3 is 5.97 Å². The average Bonchev–Trinajstić information content (AvgIpc) is 2.97. The zero-order chi connectivity index (χ0) is 14.2. The third-order valence-corrected chi connectivity index (χ3v) is 4.29. The summed E-state index contributed by atoms with van der Waals surface area (Å²) in [5, 5.41) is 3.07. The van der Waals surface area contributed by atoms with Crippen molar-refractivity contribution >= 4 is 28.3 Å². The molecule has 3 N–H and O–H groups in total. The Morgan fingerprint density at radius 2 is 2.11 bits per heavy atom. The van der Waals surface area contributed by atoms with Crippen LogP contribution >= 0.6 is 11.3 Å². The summed E-state index contributed by atoms with van der Waals surface area (Å²) in [6.07, 6.45) is 1.37. The predicted molar refractivity (Wildman–Crippen MR) is 72.3 cm³/mol. The SMILES string of the molecule is COC(=O)c1nc(NC(=O)C2(N)CC2)sc1C(C)C. The molecule has 0 radical (unpaired) electrons. The molecule has 1 aromatic rings. The number of aromatic nitrogens is 1. The quantitative estimate of drug-likeness (QED) is 0.816. The zero-order valence-electron chi connectivity index (χ0n) is 11.1. The molecule has 0 atom stereocenters. The number of anilines is 1. The van der Waals surface area contributed by atoms with Crippen molar-refractivity contribution < 1.29 is 14.3 Å². The molecule has 1 aliphatic rings. The van der Waals surface area contributed by atoms with Crippen LogP contribution in [0.15, 0.2) is 0 Å². The number of carbonyl (C=O) groups excluding carboxylic acids is 2. The van der Waals surface area contributed by atoms with Crippen molar-refractivity contribution in [2.75, 3.05) is 12.4 Å². The van der Waals surface area contributed by atoms with E-state index in [1.807, 2.05) is 13.8 Å². The van der Waals surface area contributed by atoms with Crippen LogP contribution in [-0.4, -0.2) is 29.5 Å². The molecule has 0 unspecified atom stereocenters. The lowest BCUT2D eigenvalue weighted by atomic mass is 10.1. The van der Waals surface area contributed by atoms with Crippen LogP contribution in [0.1, 0.15) is 48.0 Å². The second-order valence-corrected chi connectivity index (χ2v) is 6.02. The van der Waals surface area contributed by atoms with E-state index in [0.717, 1.165) is 4.88 Å². The van der Waals surface area contributed by atoms with Crippen LogP contribution in [-0.2, 0) is 9.53 Å². The lowest BCUT2D eigenvalue weighted by Crippen LogP contribution is -2.37. The van der Waals surface area contributed by atoms with Gasteiger partial charge in [0, 0.05) is 4.88 Å². The van der Waals surface area contributed by atoms with Crippen molar-refractivity contribution in [3.05, 3.63) is 10.6 Å². The lowest BCUT2D eigenvalue weighted by Gasteiger charge is -2.06. The third-order valence-electron chi connectivity index (χ3n) is 3.02. The highest BCUT2D eigenvalue weighted by molar-refractivity contribution is 7.16. The maximum absolute atomic E-state index is 11.8. The minimum Gasteiger partial charge on any atom is -0.464 e. The summed E-state index contributed by atoms with van der Waals surface area (Å²) < 4.78 is 4.69. The molecule has 1 amide bonds. The monoisotopic (exact) mass is 283 g/mol. The number of nitrogens with one attached hydrogen (secondary N) is 1. The molecule has 19 heavy (non-hydrogen) atoms. The zero-order valence-corrected chi connectivity index (χ0v) is 12.0. The van der Waals surface area contributed by atoms with Crippen molar-refractivity contribution in [2.45, 2.75) is 38.1 Å². The normalized spacial score (nSPS) is 16.3. The van der Waals surface area contributed by atoms with Crippen LogP contribution in [0.4, 0.5) is 5.13 Å². The number of hydrogen-bond acceptors (Lipinski definition) is 6. The number of rotatable bonds is 4. The van der Waals surface area contributed by atoms with E-state index in [1.165, 1.54) is 18.4 Å². The molecule has 6 nitrogen and oxygen atoms in total. The Labute approximate surface area is 115 Å². The summed E-state index contributed by atoms with van der Waals surface area (Å²) in [6, 6.07) is 0. The Bertz CT molecular complexity index is 520. The van der Waals surface area contributed by atoms with Gasteiger partial charge in [0.2, 0.25) is 5.91 Å². The van der Waals surface area contributed by atoms with E-state index in [0.29, 0.717) is 18.0 Å². The second kappa shape index (κ2) is 4.90. The lowest BCUT2D eigenvalue weighted by molar-refractivity contribution is -0.118. The third kappa shape index (κ3) is 2.76. The number of ether oxygens (including phenoxy) is 1. The molecule has 0 aliphatic heterocycles. The fourth-order valence-electron chi connectivity index (χ4n) is 1.60. The molecule has 104 valence electrons. The van der Waals surface area contributed by atoms with Gasteiger partial charge in [-0.05, 0) is 18.8 Å². The number of nitrogens with two attached hydrogens (primary N) is 1. The van der Waals surface area contributed by atoms with E-state index in [2.05, 4.69) is 10.3 Å². The molecule has 7 heteroatoms. The fraction of sp³-hybridized carbons (Fsp3) is 0.583. The first-order chi connectivity index (χ1) is 8.87. The molecular formula is C12H17N3O3S. The Morgan fingerprint density at radius 1 is 1.47 bits per heavy atom. The molecule has 0 aromatic carbocycles. The largest absolute Gasteiger partial charge is 0.464 e. The Morgan fingerprint density at radius 3 is 2.58 bits per heavy atom. The highest BCUT2D eigenvalue weighted by atomic mass is 32.1. The summed E-state index contributed by atoms with van der Waals surface area (Å²) in [5.41, 5.74) is 5.31. The van der Waals surface area contributed by atoms with Gasteiger partial charge in [-0.1, -0.05) is 13.8 Å². The first-order valence-electron chi connectivity index (χ1n) is 6.07. The number of thiazole rings is 1. The first-order valence-corrected chi connectivity index (χ1v) is 6.88. The summed E-state index contributed by atoms with van der Waals surface area (Å²) >= 11 is 1.28. The highest BCUT2D eigenvalue weighted by Gasteiger charge is 2.46. The summed E-state index contributed by atoms with van der Waals surface area (Å²) in [4.78, 5) is 28.4. The van der Waals surface area contributed by atoms with Crippen LogP contribution in [0.25, 0.3) is 0 Å². The molecule has 0 saturated heterocycles. The minimum atomic E-state index is -0.755. The van der Waals surface area contributed by atoms with Crippen molar-refractivity contribution in [3.63, 3.8) is 0 Å². The van der Waals surface area contributed by atoms with Crippen LogP contribution in [0, 0.1) is 0 Å². The van der Waals surface area contributed by atoms with Gasteiger partial charge in [-0.25, -0.2) is 9.78 Å². The predicted octanol–water partition coefficient (Wildman–Crippen LogP) is 1.48. The molecule has 1 heterocycles. The van der Waals surface area contributed by atoms with Gasteiger partial charge < -0.3 is 15.8 Å². The number of nitrogens with zero attached hydrogens (tertiary/aromatic N) is 1. The van der Waals surface area contributed by atoms with Crippen molar-refractivity contribution in [3.8, 4) is 0 Å². The van der Waals surface area contributed by atoms with E-state index in [9.17, 15) is 9.59 Å². The average molecular weight is 283 g/mol. The van der Waals surface area contributed by atoms with E-state index in [4.69, 9.17) is 10.5 Å². The molecule has 0 bridgehead atoms. The number of methoxy groups -OCH3 is 1. The van der Waals surface area contributed by atoms with Crippen molar-refractivity contribution in [1.29, 1.82) is 0 Å². The number of amides is 1. The molecule has 1 aromatic heterocycles. The number of esters is 1.